The predicted octanol–water partition coefficient (Wildman–Crippen LogP) is 2.73. The fourth-order valence-electron chi connectivity index (χ4n) is 1.13. The first-order valence-corrected chi connectivity index (χ1v) is 4.95. The van der Waals surface area contributed by atoms with E-state index in [4.69, 9.17) is 0 Å². The molecule has 0 amide bonds. The van der Waals surface area contributed by atoms with Gasteiger partial charge in [-0.1, -0.05) is 0 Å². The van der Waals surface area contributed by atoms with Crippen LogP contribution < -0.4 is 5.32 Å². The van der Waals surface area contributed by atoms with Crippen LogP contribution in [0.4, 0.5) is 5.69 Å². The molecule has 0 unspecified atom stereocenters. The number of nitrogens with one attached hydrogen (secondary N) is 1. The van der Waals surface area contributed by atoms with Gasteiger partial charge >= 0.3 is 0 Å². The van der Waals surface area contributed by atoms with Gasteiger partial charge in [-0.2, -0.15) is 0 Å². The summed E-state index contributed by atoms with van der Waals surface area (Å²) in [6, 6.07) is 4.74. The molecule has 1 aliphatic carbocycles. The van der Waals surface area contributed by atoms with Crippen molar-refractivity contribution in [3.05, 3.63) is 22.4 Å². The number of anilines is 1. The minimum Gasteiger partial charge on any atom is -0.381 e. The van der Waals surface area contributed by atoms with Gasteiger partial charge in [0, 0.05) is 6.04 Å². The van der Waals surface area contributed by atoms with E-state index in [2.05, 4.69) is 32.3 Å². The minimum atomic E-state index is 0.701. The van der Waals surface area contributed by atoms with Crippen molar-refractivity contribution in [2.45, 2.75) is 25.8 Å². The monoisotopic (exact) mass is 226 g/mol. The molecule has 1 aromatic heterocycles. The maximum Gasteiger partial charge on any atom is 0.106 e. The first-order chi connectivity index (χ1) is 5.75. The highest BCUT2D eigenvalue weighted by atomic mass is 79.9. The number of aromatic nitrogens is 1. The summed E-state index contributed by atoms with van der Waals surface area (Å²) in [7, 11) is 0. The fraction of sp³-hybridized carbons (Fsp3) is 0.444. The average Bonchev–Trinajstić information content (AvgIpc) is 2.79. The molecule has 1 heterocycles. The second-order valence-electron chi connectivity index (χ2n) is 3.19. The minimum absolute atomic E-state index is 0.701. The summed E-state index contributed by atoms with van der Waals surface area (Å²) in [6.45, 7) is 2.02. The van der Waals surface area contributed by atoms with Crippen LogP contribution in [0, 0.1) is 6.92 Å². The Kier molecular flexibility index (Phi) is 2.05. The first-order valence-electron chi connectivity index (χ1n) is 4.15. The van der Waals surface area contributed by atoms with Crippen molar-refractivity contribution in [2.75, 3.05) is 5.32 Å². The van der Waals surface area contributed by atoms with Gasteiger partial charge < -0.3 is 5.32 Å². The largest absolute Gasteiger partial charge is 0.381 e. The summed E-state index contributed by atoms with van der Waals surface area (Å²) in [5.41, 5.74) is 2.23. The molecule has 1 saturated carbocycles. The fourth-order valence-corrected chi connectivity index (χ4v) is 1.53. The van der Waals surface area contributed by atoms with Gasteiger partial charge in [0.1, 0.15) is 4.60 Å². The van der Waals surface area contributed by atoms with Crippen LogP contribution in [-0.2, 0) is 0 Å². The van der Waals surface area contributed by atoms with Crippen LogP contribution in [0.2, 0.25) is 0 Å². The number of hydrogen-bond donors (Lipinski definition) is 1. The molecule has 1 fully saturated rings. The van der Waals surface area contributed by atoms with Gasteiger partial charge in [0.15, 0.2) is 0 Å². The molecule has 1 N–H and O–H groups in total. The SMILES string of the molecule is Cc1nc(Br)ccc1NC1CC1. The van der Waals surface area contributed by atoms with E-state index in [9.17, 15) is 0 Å². The third-order valence-corrected chi connectivity index (χ3v) is 2.43. The third-order valence-electron chi connectivity index (χ3n) is 1.99. The van der Waals surface area contributed by atoms with Gasteiger partial charge in [0.25, 0.3) is 0 Å². The third kappa shape index (κ3) is 1.78. The molecular weight excluding hydrogens is 216 g/mol. The quantitative estimate of drug-likeness (QED) is 0.785. The highest BCUT2D eigenvalue weighted by molar-refractivity contribution is 9.10. The molecule has 2 nitrogen and oxygen atoms in total. The van der Waals surface area contributed by atoms with Crippen molar-refractivity contribution in [3.63, 3.8) is 0 Å². The Balaban J connectivity index is 2.18. The summed E-state index contributed by atoms with van der Waals surface area (Å²) in [6.07, 6.45) is 2.60. The van der Waals surface area contributed by atoms with E-state index in [0.29, 0.717) is 6.04 Å². The molecule has 0 aliphatic heterocycles. The molecule has 1 aliphatic rings. The highest BCUT2D eigenvalue weighted by Crippen LogP contribution is 2.26. The molecule has 2 rings (SSSR count). The van der Waals surface area contributed by atoms with Crippen molar-refractivity contribution in [2.24, 2.45) is 0 Å². The summed E-state index contributed by atoms with van der Waals surface area (Å²) >= 11 is 3.34. The van der Waals surface area contributed by atoms with Crippen molar-refractivity contribution in [1.82, 2.24) is 4.98 Å². The van der Waals surface area contributed by atoms with E-state index in [1.165, 1.54) is 18.5 Å². The molecule has 1 aromatic rings. The van der Waals surface area contributed by atoms with Crippen LogP contribution in [0.25, 0.3) is 0 Å². The van der Waals surface area contributed by atoms with Gasteiger partial charge in [0.2, 0.25) is 0 Å². The summed E-state index contributed by atoms with van der Waals surface area (Å²) in [4.78, 5) is 4.31. The maximum atomic E-state index is 4.31. The smallest absolute Gasteiger partial charge is 0.106 e. The van der Waals surface area contributed by atoms with Crippen molar-refractivity contribution >= 4 is 21.6 Å². The lowest BCUT2D eigenvalue weighted by molar-refractivity contribution is 1.10. The van der Waals surface area contributed by atoms with Crippen molar-refractivity contribution < 1.29 is 0 Å². The van der Waals surface area contributed by atoms with Crippen molar-refractivity contribution in [3.8, 4) is 0 Å². The van der Waals surface area contributed by atoms with Crippen LogP contribution in [0.15, 0.2) is 16.7 Å². The summed E-state index contributed by atoms with van der Waals surface area (Å²) < 4.78 is 0.904. The number of nitrogens with zero attached hydrogens (tertiary/aromatic N) is 1. The summed E-state index contributed by atoms with van der Waals surface area (Å²) in [5, 5.41) is 3.43. The Morgan fingerprint density at radius 3 is 2.83 bits per heavy atom. The molecule has 0 saturated heterocycles. The Bertz CT molecular complexity index is 295. The lowest BCUT2D eigenvalue weighted by atomic mass is 10.3. The normalized spacial score (nSPS) is 16.2. The second-order valence-corrected chi connectivity index (χ2v) is 4.00. The summed E-state index contributed by atoms with van der Waals surface area (Å²) in [5.74, 6) is 0. The van der Waals surface area contributed by atoms with E-state index >= 15 is 0 Å². The van der Waals surface area contributed by atoms with E-state index in [1.807, 2.05) is 13.0 Å². The zero-order chi connectivity index (χ0) is 8.55. The molecule has 3 heteroatoms. The Hall–Kier alpha value is -0.570. The molecule has 0 aromatic carbocycles. The predicted molar refractivity (Wildman–Crippen MR) is 53.3 cm³/mol. The van der Waals surface area contributed by atoms with Gasteiger partial charge in [-0.05, 0) is 47.8 Å². The zero-order valence-electron chi connectivity index (χ0n) is 6.97. The number of halogens is 1. The van der Waals surface area contributed by atoms with Crippen molar-refractivity contribution in [1.29, 1.82) is 0 Å². The standard InChI is InChI=1S/C9H11BrN2/c1-6-8(12-7-2-3-7)4-5-9(10)11-6/h4-5,7,12H,2-3H2,1H3. The maximum absolute atomic E-state index is 4.31. The van der Waals surface area contributed by atoms with Gasteiger partial charge in [0.05, 0.1) is 11.4 Å². The second kappa shape index (κ2) is 3.05. The van der Waals surface area contributed by atoms with E-state index in [-0.39, 0.29) is 0 Å². The molecule has 64 valence electrons. The molecule has 0 radical (unpaired) electrons. The number of hydrogen-bond acceptors (Lipinski definition) is 2. The van der Waals surface area contributed by atoms with E-state index < -0.39 is 0 Å². The molecule has 0 bridgehead atoms. The Labute approximate surface area is 80.5 Å². The van der Waals surface area contributed by atoms with Crippen LogP contribution in [0.1, 0.15) is 18.5 Å². The number of aryl methyl sites for hydroxylation is 1. The number of rotatable bonds is 2. The van der Waals surface area contributed by atoms with Crippen LogP contribution >= 0.6 is 15.9 Å². The molecule has 0 spiro atoms. The number of pyridine rings is 1. The van der Waals surface area contributed by atoms with E-state index in [1.54, 1.807) is 0 Å². The Morgan fingerprint density at radius 1 is 1.50 bits per heavy atom. The van der Waals surface area contributed by atoms with Gasteiger partial charge in [-0.15, -0.1) is 0 Å². The van der Waals surface area contributed by atoms with Crippen LogP contribution in [0.5, 0.6) is 0 Å². The Morgan fingerprint density at radius 2 is 2.25 bits per heavy atom. The van der Waals surface area contributed by atoms with Crippen LogP contribution in [-0.4, -0.2) is 11.0 Å². The van der Waals surface area contributed by atoms with E-state index in [0.717, 1.165) is 10.3 Å². The molecule has 0 atom stereocenters. The first kappa shape index (κ1) is 8.05. The van der Waals surface area contributed by atoms with Crippen LogP contribution in [0.3, 0.4) is 0 Å². The lowest BCUT2D eigenvalue weighted by Gasteiger charge is -2.06. The molecular formula is C9H11BrN2. The lowest BCUT2D eigenvalue weighted by Crippen LogP contribution is -2.03. The highest BCUT2D eigenvalue weighted by Gasteiger charge is 2.21. The topological polar surface area (TPSA) is 24.9 Å². The average molecular weight is 227 g/mol. The zero-order valence-corrected chi connectivity index (χ0v) is 8.56. The van der Waals surface area contributed by atoms with Gasteiger partial charge in [-0.25, -0.2) is 4.98 Å². The molecule has 12 heavy (non-hydrogen) atoms. The van der Waals surface area contributed by atoms with Gasteiger partial charge in [-0.3, -0.25) is 0 Å².